The van der Waals surface area contributed by atoms with Gasteiger partial charge < -0.3 is 19.9 Å². The summed E-state index contributed by atoms with van der Waals surface area (Å²) >= 11 is 3.45. The zero-order valence-electron chi connectivity index (χ0n) is 16.1. The molecule has 2 aromatic carbocycles. The maximum absolute atomic E-state index is 12.1. The monoisotopic (exact) mass is 449 g/mol. The number of ether oxygens (including phenoxy) is 2. The van der Waals surface area contributed by atoms with Gasteiger partial charge in [-0.2, -0.15) is 0 Å². The molecule has 1 unspecified atom stereocenters. The number of benzene rings is 2. The second-order valence-corrected chi connectivity index (χ2v) is 8.12. The number of carbonyl (C=O) groups excluding carboxylic acids is 1. The Morgan fingerprint density at radius 3 is 2.39 bits per heavy atom. The van der Waals surface area contributed by atoms with Crippen molar-refractivity contribution >= 4 is 28.0 Å². The molecule has 0 fully saturated rings. The van der Waals surface area contributed by atoms with Gasteiger partial charge >= 0.3 is 12.1 Å². The Hall–Kier alpha value is -2.54. The fraction of sp³-hybridized carbons (Fsp3) is 0.333. The van der Waals surface area contributed by atoms with E-state index in [-0.39, 0.29) is 6.42 Å². The van der Waals surface area contributed by atoms with Crippen LogP contribution in [0.4, 0.5) is 4.79 Å². The topological polar surface area (TPSA) is 84.9 Å². The van der Waals surface area contributed by atoms with Crippen LogP contribution in [0.25, 0.3) is 0 Å². The minimum Gasteiger partial charge on any atom is -0.488 e. The standard InChI is InChI=1S/C21H24BrNO5/c1-21(2,3)28-20(26)23-17(12-19(24)25)15-9-10-18(16(22)11-15)27-13-14-7-5-4-6-8-14/h4-11,17H,12-13H2,1-3H3,(H,23,26)(H,24,25). The summed E-state index contributed by atoms with van der Waals surface area (Å²) in [5.74, 6) is -0.402. The van der Waals surface area contributed by atoms with Crippen molar-refractivity contribution in [3.05, 3.63) is 64.1 Å². The molecular formula is C21H24BrNO5. The number of carboxylic acids is 1. The fourth-order valence-electron chi connectivity index (χ4n) is 2.46. The Bertz CT molecular complexity index is 817. The van der Waals surface area contributed by atoms with Crippen LogP contribution in [0.15, 0.2) is 53.0 Å². The number of hydrogen-bond donors (Lipinski definition) is 2. The van der Waals surface area contributed by atoms with Crippen molar-refractivity contribution in [2.75, 3.05) is 0 Å². The summed E-state index contributed by atoms with van der Waals surface area (Å²) in [6.45, 7) is 5.64. The third kappa shape index (κ3) is 7.23. The van der Waals surface area contributed by atoms with Gasteiger partial charge in [0.15, 0.2) is 0 Å². The van der Waals surface area contributed by atoms with Crippen molar-refractivity contribution in [1.29, 1.82) is 0 Å². The van der Waals surface area contributed by atoms with Gasteiger partial charge in [-0.1, -0.05) is 36.4 Å². The summed E-state index contributed by atoms with van der Waals surface area (Å²) in [4.78, 5) is 23.3. The van der Waals surface area contributed by atoms with Crippen LogP contribution in [0, 0.1) is 0 Å². The lowest BCUT2D eigenvalue weighted by Crippen LogP contribution is -2.35. The van der Waals surface area contributed by atoms with Crippen LogP contribution in [-0.4, -0.2) is 22.8 Å². The second-order valence-electron chi connectivity index (χ2n) is 7.26. The van der Waals surface area contributed by atoms with Gasteiger partial charge in [0.05, 0.1) is 16.9 Å². The molecule has 0 bridgehead atoms. The lowest BCUT2D eigenvalue weighted by atomic mass is 10.0. The number of carbonyl (C=O) groups is 2. The minimum absolute atomic E-state index is 0.268. The molecule has 7 heteroatoms. The van der Waals surface area contributed by atoms with Gasteiger partial charge in [-0.3, -0.25) is 4.79 Å². The van der Waals surface area contributed by atoms with Crippen LogP contribution < -0.4 is 10.1 Å². The molecule has 2 N–H and O–H groups in total. The van der Waals surface area contributed by atoms with Crippen LogP contribution in [-0.2, 0) is 16.1 Å². The highest BCUT2D eigenvalue weighted by Crippen LogP contribution is 2.30. The van der Waals surface area contributed by atoms with Crippen LogP contribution in [0.2, 0.25) is 0 Å². The third-order valence-electron chi connectivity index (χ3n) is 3.67. The number of hydrogen-bond acceptors (Lipinski definition) is 4. The lowest BCUT2D eigenvalue weighted by molar-refractivity contribution is -0.137. The molecule has 1 atom stereocenters. The smallest absolute Gasteiger partial charge is 0.408 e. The van der Waals surface area contributed by atoms with Gasteiger partial charge in [0.1, 0.15) is 18.0 Å². The van der Waals surface area contributed by atoms with E-state index in [9.17, 15) is 14.7 Å². The normalized spacial score (nSPS) is 12.1. The fourth-order valence-corrected chi connectivity index (χ4v) is 2.97. The largest absolute Gasteiger partial charge is 0.488 e. The van der Waals surface area contributed by atoms with E-state index < -0.39 is 23.7 Å². The zero-order valence-corrected chi connectivity index (χ0v) is 17.7. The molecule has 28 heavy (non-hydrogen) atoms. The molecular weight excluding hydrogens is 426 g/mol. The summed E-state index contributed by atoms with van der Waals surface area (Å²) in [6, 6.07) is 14.2. The third-order valence-corrected chi connectivity index (χ3v) is 4.28. The Morgan fingerprint density at radius 1 is 1.14 bits per heavy atom. The van der Waals surface area contributed by atoms with Gasteiger partial charge in [0.2, 0.25) is 0 Å². The molecule has 0 aliphatic carbocycles. The van der Waals surface area contributed by atoms with Gasteiger partial charge in [0.25, 0.3) is 0 Å². The van der Waals surface area contributed by atoms with Crippen molar-refractivity contribution in [2.45, 2.75) is 45.4 Å². The average molecular weight is 450 g/mol. The molecule has 0 saturated carbocycles. The highest BCUT2D eigenvalue weighted by molar-refractivity contribution is 9.10. The average Bonchev–Trinajstić information content (AvgIpc) is 2.59. The molecule has 1 amide bonds. The van der Waals surface area contributed by atoms with Crippen molar-refractivity contribution < 1.29 is 24.2 Å². The van der Waals surface area contributed by atoms with E-state index in [0.29, 0.717) is 22.4 Å². The van der Waals surface area contributed by atoms with Gasteiger partial charge in [-0.25, -0.2) is 4.79 Å². The van der Waals surface area contributed by atoms with Crippen LogP contribution in [0.5, 0.6) is 5.75 Å². The molecule has 0 aliphatic rings. The van der Waals surface area contributed by atoms with Crippen LogP contribution >= 0.6 is 15.9 Å². The molecule has 0 heterocycles. The number of amides is 1. The summed E-state index contributed by atoms with van der Waals surface area (Å²) in [7, 11) is 0. The number of aliphatic carboxylic acids is 1. The quantitative estimate of drug-likeness (QED) is 0.616. The first kappa shape index (κ1) is 21.8. The molecule has 2 rings (SSSR count). The SMILES string of the molecule is CC(C)(C)OC(=O)NC(CC(=O)O)c1ccc(OCc2ccccc2)c(Br)c1. The van der Waals surface area contributed by atoms with Crippen molar-refractivity contribution in [2.24, 2.45) is 0 Å². The van der Waals surface area contributed by atoms with E-state index in [1.165, 1.54) is 0 Å². The zero-order chi connectivity index (χ0) is 20.7. The molecule has 150 valence electrons. The van der Waals surface area contributed by atoms with Crippen LogP contribution in [0.3, 0.4) is 0 Å². The first-order chi connectivity index (χ1) is 13.1. The summed E-state index contributed by atoms with van der Waals surface area (Å²) in [5, 5.41) is 11.8. The highest BCUT2D eigenvalue weighted by Gasteiger charge is 2.23. The summed E-state index contributed by atoms with van der Waals surface area (Å²) < 4.78 is 11.7. The van der Waals surface area contributed by atoms with Crippen molar-refractivity contribution in [3.8, 4) is 5.75 Å². The highest BCUT2D eigenvalue weighted by atomic mass is 79.9. The Kier molecular flexibility index (Phi) is 7.45. The number of carboxylic acid groups (broad SMARTS) is 1. The molecule has 0 saturated heterocycles. The minimum atomic E-state index is -1.03. The number of alkyl carbamates (subject to hydrolysis) is 1. The second kappa shape index (κ2) is 9.59. The molecule has 0 aromatic heterocycles. The number of nitrogens with one attached hydrogen (secondary N) is 1. The van der Waals surface area contributed by atoms with Crippen molar-refractivity contribution in [1.82, 2.24) is 5.32 Å². The predicted octanol–water partition coefficient (Wildman–Crippen LogP) is 5.07. The summed E-state index contributed by atoms with van der Waals surface area (Å²) in [5.41, 5.74) is 0.995. The molecule has 0 spiro atoms. The Labute approximate surface area is 173 Å². The maximum atomic E-state index is 12.1. The first-order valence-corrected chi connectivity index (χ1v) is 9.61. The Morgan fingerprint density at radius 2 is 1.82 bits per heavy atom. The molecule has 2 aromatic rings. The van der Waals surface area contributed by atoms with Gasteiger partial charge in [-0.05, 0) is 60.0 Å². The van der Waals surface area contributed by atoms with E-state index >= 15 is 0 Å². The number of halogens is 1. The van der Waals surface area contributed by atoms with Gasteiger partial charge in [-0.15, -0.1) is 0 Å². The van der Waals surface area contributed by atoms with Crippen LogP contribution in [0.1, 0.15) is 44.4 Å². The van der Waals surface area contributed by atoms with E-state index in [0.717, 1.165) is 5.56 Å². The first-order valence-electron chi connectivity index (χ1n) is 8.81. The van der Waals surface area contributed by atoms with E-state index in [2.05, 4.69) is 21.2 Å². The van der Waals surface area contributed by atoms with Crippen molar-refractivity contribution in [3.63, 3.8) is 0 Å². The van der Waals surface area contributed by atoms with Gasteiger partial charge in [0, 0.05) is 0 Å². The maximum Gasteiger partial charge on any atom is 0.408 e. The molecule has 0 radical (unpaired) electrons. The Balaban J connectivity index is 2.11. The lowest BCUT2D eigenvalue weighted by Gasteiger charge is -2.23. The molecule has 0 aliphatic heterocycles. The predicted molar refractivity (Wildman–Crippen MR) is 109 cm³/mol. The number of rotatable bonds is 7. The molecule has 6 nitrogen and oxygen atoms in total. The van der Waals surface area contributed by atoms with E-state index in [4.69, 9.17) is 9.47 Å². The summed E-state index contributed by atoms with van der Waals surface area (Å²) in [6.07, 6.45) is -0.935. The van der Waals surface area contributed by atoms with E-state index in [1.54, 1.807) is 39.0 Å². The van der Waals surface area contributed by atoms with E-state index in [1.807, 2.05) is 30.3 Å².